The van der Waals surface area contributed by atoms with Crippen molar-refractivity contribution in [3.63, 3.8) is 0 Å². The molecule has 0 nitrogen and oxygen atoms in total. The van der Waals surface area contributed by atoms with E-state index >= 15 is 0 Å². The Balaban J connectivity index is 1.32. The monoisotopic (exact) mass is 1310 g/mol. The first-order valence-corrected chi connectivity index (χ1v) is 45.1. The van der Waals surface area contributed by atoms with E-state index in [0.29, 0.717) is 8.19 Å². The van der Waals surface area contributed by atoms with Gasteiger partial charge in [0, 0.05) is 12.8 Å². The molecule has 0 radical (unpaired) electrons. The molecule has 1 aromatic heterocycles. The summed E-state index contributed by atoms with van der Waals surface area (Å²) >= 11 is 0. The average molecular weight is 1310 g/mol. The Morgan fingerprint density at radius 1 is 0.237 bits per heavy atom. The summed E-state index contributed by atoms with van der Waals surface area (Å²) in [6, 6.07) is 67.5. The van der Waals surface area contributed by atoms with Crippen molar-refractivity contribution in [1.82, 2.24) is 0 Å². The predicted molar refractivity (Wildman–Crippen MR) is 429 cm³/mol. The Labute approximate surface area is 577 Å². The molecular weight excluding hydrogens is 1170 g/mol. The van der Waals surface area contributed by atoms with Crippen LogP contribution in [0.15, 0.2) is 176 Å². The van der Waals surface area contributed by atoms with Gasteiger partial charge in [-0.1, -0.05) is 380 Å². The van der Waals surface area contributed by atoms with Gasteiger partial charge in [-0.25, -0.2) is 0 Å². The summed E-state index contributed by atoms with van der Waals surface area (Å²) < 4.78 is 0. The van der Waals surface area contributed by atoms with E-state index in [1.165, 1.54) is 300 Å². The zero-order valence-corrected chi connectivity index (χ0v) is 63.1. The van der Waals surface area contributed by atoms with Gasteiger partial charge < -0.3 is 0 Å². The molecule has 0 saturated carbocycles. The van der Waals surface area contributed by atoms with E-state index in [9.17, 15) is 0 Å². The SMILES string of the molecule is CCCCCCCCCCCCCCCCc1cccc[pH]c(CC[P+](CCCCCCCCCCCCCCCC)(c2ccccc2)c2ccccc2)c(CC[P+](CCCCCCCCCCCCCCCC)(c2ccccc2)c2ccccc2)c1-c1ccccc1. The number of benzene rings is 5. The summed E-state index contributed by atoms with van der Waals surface area (Å²) in [6.45, 7) is 6.98. The lowest BCUT2D eigenvalue weighted by Crippen LogP contribution is -2.29. The highest BCUT2D eigenvalue weighted by atomic mass is 31.2. The average Bonchev–Trinajstić information content (AvgIpc) is 1.07. The number of rotatable bonds is 56. The zero-order valence-electron chi connectivity index (χ0n) is 60.3. The van der Waals surface area contributed by atoms with E-state index in [0.717, 1.165) is 19.3 Å². The van der Waals surface area contributed by atoms with Crippen LogP contribution in [0.1, 0.15) is 307 Å². The Morgan fingerprint density at radius 3 is 0.828 bits per heavy atom. The summed E-state index contributed by atoms with van der Waals surface area (Å²) in [5.74, 6) is 2.58. The topological polar surface area (TPSA) is 0 Å². The van der Waals surface area contributed by atoms with Gasteiger partial charge >= 0.3 is 0 Å². The molecule has 0 amide bonds. The van der Waals surface area contributed by atoms with Crippen LogP contribution in [-0.2, 0) is 19.3 Å². The van der Waals surface area contributed by atoms with Crippen LogP contribution in [0.5, 0.6) is 0 Å². The van der Waals surface area contributed by atoms with Crippen LogP contribution >= 0.6 is 22.7 Å². The summed E-state index contributed by atoms with van der Waals surface area (Å²) in [4.78, 5) is 0. The van der Waals surface area contributed by atoms with Gasteiger partial charge in [0.25, 0.3) is 0 Å². The third-order valence-electron chi connectivity index (χ3n) is 20.9. The van der Waals surface area contributed by atoms with Crippen LogP contribution in [0.4, 0.5) is 0 Å². The van der Waals surface area contributed by atoms with E-state index in [2.05, 4.69) is 196 Å². The number of aryl methyl sites for hydroxylation is 2. The maximum Gasteiger partial charge on any atom is 0.0991 e. The molecule has 1 unspecified atom stereocenters. The van der Waals surface area contributed by atoms with Crippen molar-refractivity contribution in [2.75, 3.05) is 24.6 Å². The lowest BCUT2D eigenvalue weighted by Gasteiger charge is -2.30. The van der Waals surface area contributed by atoms with Gasteiger partial charge in [-0.2, -0.15) is 0 Å². The zero-order chi connectivity index (χ0) is 65.1. The van der Waals surface area contributed by atoms with Crippen molar-refractivity contribution in [2.45, 2.75) is 310 Å². The molecule has 0 spiro atoms. The highest BCUT2D eigenvalue weighted by molar-refractivity contribution is 7.90. The highest BCUT2D eigenvalue weighted by Gasteiger charge is 2.44. The van der Waals surface area contributed by atoms with Crippen molar-refractivity contribution in [1.29, 1.82) is 0 Å². The second kappa shape index (κ2) is 51.4. The summed E-state index contributed by atoms with van der Waals surface area (Å²) in [5, 5.41) is 8.16. The van der Waals surface area contributed by atoms with E-state index in [4.69, 9.17) is 0 Å². The molecule has 6 rings (SSSR count). The smallest absolute Gasteiger partial charge is 0.0991 e. The van der Waals surface area contributed by atoms with Crippen molar-refractivity contribution in [3.8, 4) is 11.1 Å². The van der Waals surface area contributed by atoms with Crippen molar-refractivity contribution >= 4 is 43.9 Å². The highest BCUT2D eigenvalue weighted by Crippen LogP contribution is 2.60. The Kier molecular flexibility index (Phi) is 43.3. The van der Waals surface area contributed by atoms with Crippen molar-refractivity contribution < 1.29 is 0 Å². The minimum absolute atomic E-state index is 0.650. The molecule has 0 bridgehead atoms. The van der Waals surface area contributed by atoms with Gasteiger partial charge in [0.1, 0.15) is 0 Å². The second-order valence-corrected chi connectivity index (χ2v) is 37.2. The summed E-state index contributed by atoms with van der Waals surface area (Å²) in [5.41, 5.74) is 6.24. The third-order valence-corrected chi connectivity index (χ3v) is 31.4. The van der Waals surface area contributed by atoms with Crippen LogP contribution in [0, 0.1) is 0 Å². The lowest BCUT2D eigenvalue weighted by atomic mass is 9.91. The molecule has 0 fully saturated rings. The van der Waals surface area contributed by atoms with Gasteiger partial charge in [0.15, 0.2) is 0 Å². The lowest BCUT2D eigenvalue weighted by molar-refractivity contribution is 0.535. The van der Waals surface area contributed by atoms with E-state index < -0.39 is 14.5 Å². The molecule has 3 heteroatoms. The summed E-state index contributed by atoms with van der Waals surface area (Å²) in [6.07, 6.45) is 67.1. The van der Waals surface area contributed by atoms with Crippen LogP contribution in [0.25, 0.3) is 11.1 Å². The molecule has 1 heterocycles. The van der Waals surface area contributed by atoms with Gasteiger partial charge in [-0.15, -0.1) is 8.19 Å². The second-order valence-electron chi connectivity index (χ2n) is 28.3. The quantitative estimate of drug-likeness (QED) is 0.0264. The van der Waals surface area contributed by atoms with Crippen molar-refractivity contribution in [2.24, 2.45) is 0 Å². The van der Waals surface area contributed by atoms with Crippen LogP contribution in [0.2, 0.25) is 0 Å². The number of unbranched alkanes of at least 4 members (excludes halogenated alkanes) is 39. The van der Waals surface area contributed by atoms with Crippen LogP contribution < -0.4 is 21.2 Å². The number of hydrogen-bond donors (Lipinski definition) is 0. The molecule has 6 aromatic rings. The van der Waals surface area contributed by atoms with Gasteiger partial charge in [-0.3, -0.25) is 0 Å². The molecule has 0 N–H and O–H groups in total. The molecule has 0 aliphatic heterocycles. The standard InChI is InChI=1S/C90H137P3/c1-4-7-10-13-16-19-22-25-28-31-34-37-40-48-63-83-66-59-60-77-91-89(76-81-93(86-71-55-46-56-72-86,87-73-57-47-58-74-87)79-62-42-39-36-33-30-27-24-21-18-15-12-9-6-3)88(90(83)82-64-49-43-50-65-82)75-80-92(84-67-51-44-52-68-84,85-69-53-45-54-70-85)78-61-41-38-35-32-29-26-23-20-17-14-11-8-5-2/h43-47,49-60,64-74,77,91H,4-42,48,61-63,75-76,78-81H2,1-3H3/q+2. The van der Waals surface area contributed by atoms with E-state index in [-0.39, 0.29) is 0 Å². The van der Waals surface area contributed by atoms with Crippen LogP contribution in [0.3, 0.4) is 0 Å². The Hall–Kier alpha value is -3.78. The summed E-state index contributed by atoms with van der Waals surface area (Å²) in [7, 11) is -3.06. The fourth-order valence-electron chi connectivity index (χ4n) is 15.2. The maximum atomic E-state index is 2.58. The molecule has 510 valence electrons. The molecular formula is C90H137P3+2. The number of hydrogen-bond acceptors (Lipinski definition) is 0. The van der Waals surface area contributed by atoms with Crippen molar-refractivity contribution in [3.05, 3.63) is 192 Å². The molecule has 93 heavy (non-hydrogen) atoms. The van der Waals surface area contributed by atoms with Crippen LogP contribution in [-0.4, -0.2) is 24.6 Å². The maximum absolute atomic E-state index is 2.58. The first-order chi connectivity index (χ1) is 46.1. The fraction of sp³-hybridized carbons (Fsp3) is 0.578. The molecule has 5 aromatic carbocycles. The molecule has 0 aliphatic carbocycles. The van der Waals surface area contributed by atoms with E-state index in [1.807, 2.05) is 0 Å². The first-order valence-electron chi connectivity index (χ1n) is 39.7. The largest absolute Gasteiger partial charge is 0.136 e. The Morgan fingerprint density at radius 2 is 0.505 bits per heavy atom. The first kappa shape index (κ1) is 78.2. The molecule has 0 saturated heterocycles. The minimum atomic E-state index is -1.87. The van der Waals surface area contributed by atoms with E-state index in [1.54, 1.807) is 43.2 Å². The van der Waals surface area contributed by atoms with Gasteiger partial charge in [-0.05, 0) is 120 Å². The van der Waals surface area contributed by atoms with Gasteiger partial charge in [0.05, 0.1) is 60.4 Å². The molecule has 1 atom stereocenters. The fourth-order valence-corrected chi connectivity index (χ4v) is 25.4. The normalized spacial score (nSPS) is 11.9. The van der Waals surface area contributed by atoms with Gasteiger partial charge in [0.2, 0.25) is 0 Å². The molecule has 0 aliphatic rings. The predicted octanol–water partition coefficient (Wildman–Crippen LogP) is 27.9. The Bertz CT molecular complexity index is 2650. The minimum Gasteiger partial charge on any atom is -0.136 e. The third kappa shape index (κ3) is 30.7.